The van der Waals surface area contributed by atoms with E-state index in [0.29, 0.717) is 17.0 Å². The van der Waals surface area contributed by atoms with Crippen molar-refractivity contribution in [2.24, 2.45) is 0 Å². The standard InChI is InChI=1S/C21H24N6O2/c1-13(18-9-10-22-12-24-18)25-20(29)17-4-2-3-14-11-23-21(27-19(14)17)26-15-5-7-16(28)8-6-15/h2-4,9-13,15-16,28H,5-8H2,1H3,(H,25,29)(H,23,26,27)/t13?,15-,16-. The van der Waals surface area contributed by atoms with E-state index < -0.39 is 0 Å². The molecule has 1 unspecified atom stereocenters. The molecule has 1 fully saturated rings. The molecule has 4 rings (SSSR count). The minimum Gasteiger partial charge on any atom is -0.393 e. The Hall–Kier alpha value is -3.13. The highest BCUT2D eigenvalue weighted by Crippen LogP contribution is 2.23. The van der Waals surface area contributed by atoms with Crippen molar-refractivity contribution in [3.05, 3.63) is 54.2 Å². The van der Waals surface area contributed by atoms with E-state index in [-0.39, 0.29) is 24.1 Å². The molecule has 3 N–H and O–H groups in total. The number of hydrogen-bond acceptors (Lipinski definition) is 7. The number of aromatic nitrogens is 4. The topological polar surface area (TPSA) is 113 Å². The van der Waals surface area contributed by atoms with Crippen molar-refractivity contribution in [3.8, 4) is 0 Å². The van der Waals surface area contributed by atoms with Gasteiger partial charge < -0.3 is 15.7 Å². The van der Waals surface area contributed by atoms with Gasteiger partial charge in [-0.25, -0.2) is 19.9 Å². The number of fused-ring (bicyclic) bond motifs is 1. The minimum atomic E-state index is -0.256. The fraction of sp³-hybridized carbons (Fsp3) is 0.381. The molecule has 1 amide bonds. The Morgan fingerprint density at radius 3 is 2.76 bits per heavy atom. The summed E-state index contributed by atoms with van der Waals surface area (Å²) in [6.45, 7) is 1.88. The number of anilines is 1. The van der Waals surface area contributed by atoms with Gasteiger partial charge in [0.15, 0.2) is 0 Å². The molecule has 2 heterocycles. The predicted octanol–water partition coefficient (Wildman–Crippen LogP) is 2.63. The van der Waals surface area contributed by atoms with E-state index >= 15 is 0 Å². The monoisotopic (exact) mass is 392 g/mol. The van der Waals surface area contributed by atoms with Gasteiger partial charge in [0.1, 0.15) is 6.33 Å². The number of para-hydroxylation sites is 1. The predicted molar refractivity (Wildman–Crippen MR) is 109 cm³/mol. The molecular formula is C21H24N6O2. The molecule has 0 aliphatic heterocycles. The van der Waals surface area contributed by atoms with Gasteiger partial charge in [0.25, 0.3) is 5.91 Å². The second-order valence-electron chi connectivity index (χ2n) is 7.42. The van der Waals surface area contributed by atoms with Crippen molar-refractivity contribution in [1.29, 1.82) is 0 Å². The molecular weight excluding hydrogens is 368 g/mol. The van der Waals surface area contributed by atoms with E-state index in [0.717, 1.165) is 36.8 Å². The molecule has 8 nitrogen and oxygen atoms in total. The maximum Gasteiger partial charge on any atom is 0.254 e. The highest BCUT2D eigenvalue weighted by atomic mass is 16.3. The summed E-state index contributed by atoms with van der Waals surface area (Å²) in [5, 5.41) is 16.8. The van der Waals surface area contributed by atoms with Crippen LogP contribution in [-0.2, 0) is 0 Å². The van der Waals surface area contributed by atoms with Gasteiger partial charge >= 0.3 is 0 Å². The average molecular weight is 392 g/mol. The van der Waals surface area contributed by atoms with E-state index in [1.807, 2.05) is 19.1 Å². The van der Waals surface area contributed by atoms with E-state index in [9.17, 15) is 9.90 Å². The number of carbonyl (C=O) groups excluding carboxylic acids is 1. The van der Waals surface area contributed by atoms with Crippen molar-refractivity contribution in [1.82, 2.24) is 25.3 Å². The van der Waals surface area contributed by atoms with Crippen molar-refractivity contribution < 1.29 is 9.90 Å². The molecule has 29 heavy (non-hydrogen) atoms. The summed E-state index contributed by atoms with van der Waals surface area (Å²) >= 11 is 0. The number of nitrogens with zero attached hydrogens (tertiary/aromatic N) is 4. The molecule has 1 atom stereocenters. The first-order valence-electron chi connectivity index (χ1n) is 9.87. The van der Waals surface area contributed by atoms with Gasteiger partial charge in [-0.2, -0.15) is 0 Å². The van der Waals surface area contributed by atoms with Crippen LogP contribution in [0.15, 0.2) is 43.0 Å². The van der Waals surface area contributed by atoms with Gasteiger partial charge in [0.2, 0.25) is 5.95 Å². The minimum absolute atomic E-state index is 0.210. The maximum atomic E-state index is 12.9. The van der Waals surface area contributed by atoms with E-state index in [2.05, 4.69) is 30.6 Å². The molecule has 0 radical (unpaired) electrons. The number of rotatable bonds is 5. The van der Waals surface area contributed by atoms with E-state index in [4.69, 9.17) is 0 Å². The van der Waals surface area contributed by atoms with Gasteiger partial charge in [-0.3, -0.25) is 4.79 Å². The lowest BCUT2D eigenvalue weighted by Gasteiger charge is -2.26. The second kappa shape index (κ2) is 8.48. The first-order chi connectivity index (χ1) is 14.1. The van der Waals surface area contributed by atoms with Gasteiger partial charge in [-0.1, -0.05) is 12.1 Å². The third kappa shape index (κ3) is 4.48. The van der Waals surface area contributed by atoms with Crippen molar-refractivity contribution in [3.63, 3.8) is 0 Å². The Bertz CT molecular complexity index is 989. The van der Waals surface area contributed by atoms with Crippen LogP contribution < -0.4 is 10.6 Å². The van der Waals surface area contributed by atoms with E-state index in [1.165, 1.54) is 6.33 Å². The molecule has 1 aliphatic carbocycles. The molecule has 1 aliphatic rings. The summed E-state index contributed by atoms with van der Waals surface area (Å²) in [5.41, 5.74) is 1.84. The summed E-state index contributed by atoms with van der Waals surface area (Å²) in [7, 11) is 0. The fourth-order valence-electron chi connectivity index (χ4n) is 3.62. The number of carbonyl (C=O) groups is 1. The summed E-state index contributed by atoms with van der Waals surface area (Å²) in [4.78, 5) is 30.0. The molecule has 150 valence electrons. The van der Waals surface area contributed by atoms with Crippen LogP contribution in [0.3, 0.4) is 0 Å². The lowest BCUT2D eigenvalue weighted by Crippen LogP contribution is -2.29. The zero-order valence-corrected chi connectivity index (χ0v) is 16.2. The van der Waals surface area contributed by atoms with Crippen LogP contribution in [0.4, 0.5) is 5.95 Å². The van der Waals surface area contributed by atoms with Crippen molar-refractivity contribution >= 4 is 22.8 Å². The summed E-state index contributed by atoms with van der Waals surface area (Å²) in [6.07, 6.45) is 7.94. The molecule has 0 saturated heterocycles. The van der Waals surface area contributed by atoms with Crippen molar-refractivity contribution in [2.75, 3.05) is 5.32 Å². The van der Waals surface area contributed by atoms with Crippen LogP contribution in [0.1, 0.15) is 54.7 Å². The molecule has 1 aromatic carbocycles. The molecule has 0 bridgehead atoms. The second-order valence-corrected chi connectivity index (χ2v) is 7.42. The van der Waals surface area contributed by atoms with Crippen LogP contribution in [-0.4, -0.2) is 43.1 Å². The number of aliphatic hydroxyl groups is 1. The van der Waals surface area contributed by atoms with Gasteiger partial charge in [-0.05, 0) is 44.7 Å². The molecule has 1 saturated carbocycles. The van der Waals surface area contributed by atoms with Crippen LogP contribution in [0.25, 0.3) is 10.9 Å². The first-order valence-corrected chi connectivity index (χ1v) is 9.87. The maximum absolute atomic E-state index is 12.9. The quantitative estimate of drug-likeness (QED) is 0.612. The molecule has 8 heteroatoms. The Morgan fingerprint density at radius 1 is 1.17 bits per heavy atom. The number of benzene rings is 1. The Balaban J connectivity index is 1.55. The highest BCUT2D eigenvalue weighted by Gasteiger charge is 2.21. The van der Waals surface area contributed by atoms with Gasteiger partial charge in [0.05, 0.1) is 28.9 Å². The Morgan fingerprint density at radius 2 is 2.00 bits per heavy atom. The van der Waals surface area contributed by atoms with Gasteiger partial charge in [-0.15, -0.1) is 0 Å². The SMILES string of the molecule is CC(NC(=O)c1cccc2cnc(N[C@H]3CC[C@H](O)CC3)nc12)c1ccncn1. The zero-order chi connectivity index (χ0) is 20.2. The average Bonchev–Trinajstić information content (AvgIpc) is 2.75. The van der Waals surface area contributed by atoms with Crippen LogP contribution in [0, 0.1) is 0 Å². The van der Waals surface area contributed by atoms with Crippen LogP contribution in [0.2, 0.25) is 0 Å². The summed E-state index contributed by atoms with van der Waals surface area (Å²) < 4.78 is 0. The molecule has 3 aromatic rings. The Labute approximate surface area is 168 Å². The third-order valence-corrected chi connectivity index (χ3v) is 5.28. The Kier molecular flexibility index (Phi) is 5.62. The fourth-order valence-corrected chi connectivity index (χ4v) is 3.62. The summed E-state index contributed by atoms with van der Waals surface area (Å²) in [5.74, 6) is 0.287. The lowest BCUT2D eigenvalue weighted by atomic mass is 9.93. The highest BCUT2D eigenvalue weighted by molar-refractivity contribution is 6.05. The summed E-state index contributed by atoms with van der Waals surface area (Å²) in [6, 6.07) is 7.23. The first kappa shape index (κ1) is 19.2. The number of hydrogen-bond donors (Lipinski definition) is 3. The van der Waals surface area contributed by atoms with E-state index in [1.54, 1.807) is 24.5 Å². The molecule has 2 aromatic heterocycles. The lowest BCUT2D eigenvalue weighted by molar-refractivity contribution is 0.0940. The number of aliphatic hydroxyl groups excluding tert-OH is 1. The van der Waals surface area contributed by atoms with Crippen molar-refractivity contribution in [2.45, 2.75) is 50.8 Å². The number of amides is 1. The smallest absolute Gasteiger partial charge is 0.254 e. The molecule has 0 spiro atoms. The largest absolute Gasteiger partial charge is 0.393 e. The number of nitrogens with one attached hydrogen (secondary N) is 2. The zero-order valence-electron chi connectivity index (χ0n) is 16.2. The van der Waals surface area contributed by atoms with Crippen LogP contribution >= 0.6 is 0 Å². The van der Waals surface area contributed by atoms with Gasteiger partial charge in [0, 0.05) is 23.8 Å². The third-order valence-electron chi connectivity index (χ3n) is 5.28. The van der Waals surface area contributed by atoms with Crippen LogP contribution in [0.5, 0.6) is 0 Å². The normalized spacial score (nSPS) is 20.2.